The second kappa shape index (κ2) is 5.72. The van der Waals surface area contributed by atoms with Crippen LogP contribution in [0.5, 0.6) is 11.6 Å². The van der Waals surface area contributed by atoms with Crippen LogP contribution in [0.4, 0.5) is 0 Å². The van der Waals surface area contributed by atoms with Crippen molar-refractivity contribution in [3.8, 4) is 17.7 Å². The molecule has 0 atom stereocenters. The fourth-order valence-electron chi connectivity index (χ4n) is 1.93. The minimum Gasteiger partial charge on any atom is -0.438 e. The molecule has 3 aromatic rings. The van der Waals surface area contributed by atoms with Crippen LogP contribution in [0.2, 0.25) is 5.02 Å². The van der Waals surface area contributed by atoms with Crippen molar-refractivity contribution in [1.82, 2.24) is 4.98 Å². The Morgan fingerprint density at radius 3 is 2.62 bits per heavy atom. The number of ether oxygens (including phenoxy) is 1. The lowest BCUT2D eigenvalue weighted by atomic mass is 10.1. The summed E-state index contributed by atoms with van der Waals surface area (Å²) in [5.74, 6) is 0.927. The number of nitrogens with zero attached hydrogens (tertiary/aromatic N) is 2. The first-order valence-electron chi connectivity index (χ1n) is 6.08. The number of pyridine rings is 1. The molecular formula is C16H8BrClN2O. The molecule has 0 spiro atoms. The molecule has 102 valence electrons. The second-order valence-corrected chi connectivity index (χ2v) is 5.70. The number of hydrogen-bond donors (Lipinski definition) is 0. The van der Waals surface area contributed by atoms with E-state index in [0.717, 1.165) is 15.2 Å². The first-order chi connectivity index (χ1) is 10.2. The molecule has 2 aromatic carbocycles. The Morgan fingerprint density at radius 1 is 1.10 bits per heavy atom. The topological polar surface area (TPSA) is 45.9 Å². The van der Waals surface area contributed by atoms with E-state index in [1.54, 1.807) is 0 Å². The highest BCUT2D eigenvalue weighted by Gasteiger charge is 2.07. The van der Waals surface area contributed by atoms with Crippen molar-refractivity contribution in [2.24, 2.45) is 0 Å². The molecule has 1 heterocycles. The number of rotatable bonds is 2. The molecule has 0 saturated carbocycles. The van der Waals surface area contributed by atoms with E-state index < -0.39 is 0 Å². The number of nitriles is 1. The summed E-state index contributed by atoms with van der Waals surface area (Å²) >= 11 is 9.50. The molecule has 0 aliphatic rings. The van der Waals surface area contributed by atoms with E-state index in [1.165, 1.54) is 12.3 Å². The van der Waals surface area contributed by atoms with Gasteiger partial charge in [-0.2, -0.15) is 5.26 Å². The molecule has 0 N–H and O–H groups in total. The molecule has 3 nitrogen and oxygen atoms in total. The summed E-state index contributed by atoms with van der Waals surface area (Å²) in [7, 11) is 0. The molecule has 3 rings (SSSR count). The molecule has 0 amide bonds. The average molecular weight is 360 g/mol. The van der Waals surface area contributed by atoms with E-state index in [1.807, 2.05) is 42.5 Å². The van der Waals surface area contributed by atoms with Gasteiger partial charge in [-0.05, 0) is 41.1 Å². The third-order valence-electron chi connectivity index (χ3n) is 2.92. The molecule has 21 heavy (non-hydrogen) atoms. The van der Waals surface area contributed by atoms with E-state index >= 15 is 0 Å². The smallest absolute Gasteiger partial charge is 0.238 e. The van der Waals surface area contributed by atoms with E-state index in [9.17, 15) is 0 Å². The summed E-state index contributed by atoms with van der Waals surface area (Å²) in [6, 6.07) is 15.2. The van der Waals surface area contributed by atoms with Gasteiger partial charge >= 0.3 is 0 Å². The molecular weight excluding hydrogens is 352 g/mol. The molecule has 0 bridgehead atoms. The maximum atomic E-state index is 8.79. The highest BCUT2D eigenvalue weighted by Crippen LogP contribution is 2.30. The van der Waals surface area contributed by atoms with Crippen LogP contribution in [-0.2, 0) is 0 Å². The zero-order chi connectivity index (χ0) is 14.8. The Labute approximate surface area is 134 Å². The fraction of sp³-hybridized carbons (Fsp3) is 0. The van der Waals surface area contributed by atoms with Crippen LogP contribution < -0.4 is 4.74 Å². The Bertz CT molecular complexity index is 874. The van der Waals surface area contributed by atoms with Gasteiger partial charge in [0.05, 0.1) is 5.56 Å². The summed E-state index contributed by atoms with van der Waals surface area (Å²) in [6.07, 6.45) is 1.43. The van der Waals surface area contributed by atoms with Gasteiger partial charge in [-0.3, -0.25) is 0 Å². The van der Waals surface area contributed by atoms with E-state index in [2.05, 4.69) is 20.9 Å². The monoisotopic (exact) mass is 358 g/mol. The number of fused-ring (bicyclic) bond motifs is 1. The maximum absolute atomic E-state index is 8.79. The number of halogens is 2. The van der Waals surface area contributed by atoms with Gasteiger partial charge in [0.1, 0.15) is 16.8 Å². The quantitative estimate of drug-likeness (QED) is 0.622. The molecule has 5 heteroatoms. The summed E-state index contributed by atoms with van der Waals surface area (Å²) in [5.41, 5.74) is 0.399. The summed E-state index contributed by atoms with van der Waals surface area (Å²) in [6.45, 7) is 0. The van der Waals surface area contributed by atoms with Crippen LogP contribution >= 0.6 is 27.5 Å². The molecule has 0 unspecified atom stereocenters. The van der Waals surface area contributed by atoms with Crippen LogP contribution in [0.1, 0.15) is 5.56 Å². The van der Waals surface area contributed by atoms with E-state index in [0.29, 0.717) is 16.3 Å². The van der Waals surface area contributed by atoms with Crippen LogP contribution in [0.25, 0.3) is 10.8 Å². The zero-order valence-electron chi connectivity index (χ0n) is 10.7. The van der Waals surface area contributed by atoms with Crippen molar-refractivity contribution in [3.63, 3.8) is 0 Å². The largest absolute Gasteiger partial charge is 0.438 e. The first kappa shape index (κ1) is 13.9. The lowest BCUT2D eigenvalue weighted by Gasteiger charge is -2.07. The molecule has 0 radical (unpaired) electrons. The van der Waals surface area contributed by atoms with Gasteiger partial charge in [-0.15, -0.1) is 0 Å². The van der Waals surface area contributed by atoms with Crippen LogP contribution in [0.3, 0.4) is 0 Å². The molecule has 0 aliphatic heterocycles. The Balaban J connectivity index is 1.95. The van der Waals surface area contributed by atoms with Gasteiger partial charge < -0.3 is 4.74 Å². The van der Waals surface area contributed by atoms with Crippen molar-refractivity contribution < 1.29 is 4.74 Å². The normalized spacial score (nSPS) is 10.3. The van der Waals surface area contributed by atoms with Crippen molar-refractivity contribution >= 4 is 38.3 Å². The standard InChI is InChI=1S/C16H8BrClN2O/c17-13-3-1-12-7-14(4-2-11(12)6-13)21-16-15(18)5-10(8-19)9-20-16/h1-7,9H. The number of hydrogen-bond acceptors (Lipinski definition) is 3. The number of benzene rings is 2. The van der Waals surface area contributed by atoms with E-state index in [-0.39, 0.29) is 5.88 Å². The van der Waals surface area contributed by atoms with Crippen molar-refractivity contribution in [2.45, 2.75) is 0 Å². The summed E-state index contributed by atoms with van der Waals surface area (Å²) in [5, 5.41) is 11.3. The van der Waals surface area contributed by atoms with Crippen molar-refractivity contribution in [3.05, 3.63) is 63.7 Å². The van der Waals surface area contributed by atoms with Gasteiger partial charge in [-0.1, -0.05) is 39.7 Å². The minimum atomic E-state index is 0.284. The highest BCUT2D eigenvalue weighted by molar-refractivity contribution is 9.10. The maximum Gasteiger partial charge on any atom is 0.238 e. The number of aromatic nitrogens is 1. The Kier molecular flexibility index (Phi) is 3.78. The minimum absolute atomic E-state index is 0.284. The first-order valence-corrected chi connectivity index (χ1v) is 7.25. The summed E-state index contributed by atoms with van der Waals surface area (Å²) < 4.78 is 6.71. The van der Waals surface area contributed by atoms with Crippen molar-refractivity contribution in [2.75, 3.05) is 0 Å². The third kappa shape index (κ3) is 2.99. The SMILES string of the molecule is N#Cc1cnc(Oc2ccc3cc(Br)ccc3c2)c(Cl)c1. The molecule has 0 saturated heterocycles. The highest BCUT2D eigenvalue weighted by atomic mass is 79.9. The predicted octanol–water partition coefficient (Wildman–Crippen LogP) is 5.31. The van der Waals surface area contributed by atoms with Gasteiger partial charge in [-0.25, -0.2) is 4.98 Å². The van der Waals surface area contributed by atoms with Crippen LogP contribution in [0.15, 0.2) is 53.1 Å². The average Bonchev–Trinajstić information content (AvgIpc) is 2.49. The Morgan fingerprint density at radius 2 is 1.86 bits per heavy atom. The third-order valence-corrected chi connectivity index (χ3v) is 3.69. The predicted molar refractivity (Wildman–Crippen MR) is 85.7 cm³/mol. The molecule has 0 fully saturated rings. The lowest BCUT2D eigenvalue weighted by molar-refractivity contribution is 0.464. The van der Waals surface area contributed by atoms with Crippen molar-refractivity contribution in [1.29, 1.82) is 5.26 Å². The molecule has 0 aliphatic carbocycles. The second-order valence-electron chi connectivity index (χ2n) is 4.38. The fourth-order valence-corrected chi connectivity index (χ4v) is 2.52. The van der Waals surface area contributed by atoms with Crippen LogP contribution in [-0.4, -0.2) is 4.98 Å². The molecule has 1 aromatic heterocycles. The van der Waals surface area contributed by atoms with Gasteiger partial charge in [0.15, 0.2) is 0 Å². The lowest BCUT2D eigenvalue weighted by Crippen LogP contribution is -1.90. The van der Waals surface area contributed by atoms with Crippen LogP contribution in [0, 0.1) is 11.3 Å². The summed E-state index contributed by atoms with van der Waals surface area (Å²) in [4.78, 5) is 4.05. The Hall–Kier alpha value is -2.09. The van der Waals surface area contributed by atoms with E-state index in [4.69, 9.17) is 21.6 Å². The van der Waals surface area contributed by atoms with Gasteiger partial charge in [0.2, 0.25) is 5.88 Å². The van der Waals surface area contributed by atoms with Gasteiger partial charge in [0.25, 0.3) is 0 Å². The van der Waals surface area contributed by atoms with Gasteiger partial charge in [0, 0.05) is 10.7 Å². The zero-order valence-corrected chi connectivity index (χ0v) is 13.0.